The van der Waals surface area contributed by atoms with Crippen LogP contribution in [-0.2, 0) is 0 Å². The number of hydrogen-bond acceptors (Lipinski definition) is 5. The fraction of sp³-hybridized carbons (Fsp3) is 0.667. The molecule has 0 radical (unpaired) electrons. The molecule has 0 amide bonds. The average Bonchev–Trinajstić information content (AvgIpc) is 2.82. The molecule has 3 N–H and O–H groups in total. The summed E-state index contributed by atoms with van der Waals surface area (Å²) < 4.78 is 0. The first-order chi connectivity index (χ1) is 8.20. The molecule has 1 aliphatic carbocycles. The van der Waals surface area contributed by atoms with Gasteiger partial charge in [-0.2, -0.15) is 4.98 Å². The lowest BCUT2D eigenvalue weighted by atomic mass is 10.1. The Morgan fingerprint density at radius 1 is 1.47 bits per heavy atom. The molecule has 0 atom stereocenters. The summed E-state index contributed by atoms with van der Waals surface area (Å²) in [7, 11) is 2.09. The first-order valence-electron chi connectivity index (χ1n) is 6.22. The van der Waals surface area contributed by atoms with Crippen LogP contribution in [-0.4, -0.2) is 23.6 Å². The summed E-state index contributed by atoms with van der Waals surface area (Å²) in [6.07, 6.45) is 7.24. The summed E-state index contributed by atoms with van der Waals surface area (Å²) in [5.74, 6) is 7.60. The Morgan fingerprint density at radius 3 is 2.82 bits per heavy atom. The summed E-state index contributed by atoms with van der Waals surface area (Å²) in [6, 6.07) is 0. The van der Waals surface area contributed by atoms with Crippen molar-refractivity contribution in [1.29, 1.82) is 0 Å². The number of hydrogen-bond donors (Lipinski definition) is 2. The van der Waals surface area contributed by atoms with Gasteiger partial charge in [0.15, 0.2) is 0 Å². The van der Waals surface area contributed by atoms with Crippen molar-refractivity contribution >= 4 is 11.8 Å². The van der Waals surface area contributed by atoms with Crippen LogP contribution in [0.3, 0.4) is 0 Å². The fourth-order valence-corrected chi connectivity index (χ4v) is 2.56. The lowest BCUT2D eigenvalue weighted by molar-refractivity contribution is 0.544. The second-order valence-corrected chi connectivity index (χ2v) is 4.88. The summed E-state index contributed by atoms with van der Waals surface area (Å²) in [5.41, 5.74) is 3.58. The highest BCUT2D eigenvalue weighted by Crippen LogP contribution is 2.27. The topological polar surface area (TPSA) is 67.1 Å². The van der Waals surface area contributed by atoms with E-state index in [-0.39, 0.29) is 0 Å². The molecule has 5 heteroatoms. The number of anilines is 2. The Bertz CT molecular complexity index is 373. The molecular formula is C12H21N5. The summed E-state index contributed by atoms with van der Waals surface area (Å²) in [5, 5.41) is 0. The zero-order chi connectivity index (χ0) is 12.3. The van der Waals surface area contributed by atoms with Crippen LogP contribution in [0.5, 0.6) is 0 Å². The van der Waals surface area contributed by atoms with Gasteiger partial charge in [0.05, 0.1) is 0 Å². The van der Waals surface area contributed by atoms with Crippen LogP contribution in [0.25, 0.3) is 0 Å². The lowest BCUT2D eigenvalue weighted by Crippen LogP contribution is -2.26. The van der Waals surface area contributed by atoms with Crippen molar-refractivity contribution in [3.05, 3.63) is 11.8 Å². The second kappa shape index (κ2) is 5.31. The van der Waals surface area contributed by atoms with E-state index in [1.165, 1.54) is 25.7 Å². The van der Waals surface area contributed by atoms with E-state index in [4.69, 9.17) is 5.84 Å². The largest absolute Gasteiger partial charge is 0.359 e. The summed E-state index contributed by atoms with van der Waals surface area (Å²) >= 11 is 0. The van der Waals surface area contributed by atoms with Crippen molar-refractivity contribution < 1.29 is 0 Å². The number of rotatable bonds is 4. The molecule has 1 aliphatic rings. The molecule has 2 rings (SSSR count). The van der Waals surface area contributed by atoms with Crippen molar-refractivity contribution in [2.75, 3.05) is 23.9 Å². The normalized spacial score (nSPS) is 16.2. The van der Waals surface area contributed by atoms with Gasteiger partial charge in [-0.25, -0.2) is 10.8 Å². The first-order valence-corrected chi connectivity index (χ1v) is 6.22. The molecule has 1 aromatic heterocycles. The zero-order valence-electron chi connectivity index (χ0n) is 10.6. The van der Waals surface area contributed by atoms with Gasteiger partial charge >= 0.3 is 0 Å². The molecule has 94 valence electrons. The Morgan fingerprint density at radius 2 is 2.18 bits per heavy atom. The van der Waals surface area contributed by atoms with Crippen molar-refractivity contribution in [3.63, 3.8) is 0 Å². The van der Waals surface area contributed by atoms with Gasteiger partial charge in [-0.05, 0) is 25.7 Å². The van der Waals surface area contributed by atoms with Crippen LogP contribution in [0.15, 0.2) is 6.20 Å². The number of aryl methyl sites for hydroxylation is 1. The van der Waals surface area contributed by atoms with Crippen LogP contribution in [0.1, 0.15) is 31.2 Å². The van der Waals surface area contributed by atoms with Gasteiger partial charge in [-0.15, -0.1) is 0 Å². The smallest absolute Gasteiger partial charge is 0.239 e. The number of hydrazine groups is 1. The molecule has 0 aromatic carbocycles. The summed E-state index contributed by atoms with van der Waals surface area (Å²) in [6.45, 7) is 3.10. The van der Waals surface area contributed by atoms with E-state index in [2.05, 4.69) is 27.3 Å². The minimum Gasteiger partial charge on any atom is -0.359 e. The molecule has 0 saturated heterocycles. The Hall–Kier alpha value is -1.36. The molecule has 0 aliphatic heterocycles. The predicted octanol–water partition coefficient (Wildman–Crippen LogP) is 1.70. The zero-order valence-corrected chi connectivity index (χ0v) is 10.6. The van der Waals surface area contributed by atoms with Crippen LogP contribution < -0.4 is 16.2 Å². The third kappa shape index (κ3) is 2.85. The van der Waals surface area contributed by atoms with Crippen molar-refractivity contribution in [3.8, 4) is 0 Å². The van der Waals surface area contributed by atoms with E-state index < -0.39 is 0 Å². The highest BCUT2D eigenvalue weighted by Gasteiger charge is 2.18. The van der Waals surface area contributed by atoms with Gasteiger partial charge < -0.3 is 4.90 Å². The van der Waals surface area contributed by atoms with E-state index in [1.807, 2.05) is 13.1 Å². The van der Waals surface area contributed by atoms with Crippen molar-refractivity contribution in [2.45, 2.75) is 32.6 Å². The molecule has 0 bridgehead atoms. The maximum Gasteiger partial charge on any atom is 0.239 e. The van der Waals surface area contributed by atoms with E-state index in [0.717, 1.165) is 23.8 Å². The maximum atomic E-state index is 5.34. The van der Waals surface area contributed by atoms with Crippen LogP contribution >= 0.6 is 0 Å². The quantitative estimate of drug-likeness (QED) is 0.614. The monoisotopic (exact) mass is 235 g/mol. The van der Waals surface area contributed by atoms with Gasteiger partial charge in [0.1, 0.15) is 5.82 Å². The molecular weight excluding hydrogens is 214 g/mol. The molecule has 1 heterocycles. The number of aromatic nitrogens is 2. The highest BCUT2D eigenvalue weighted by molar-refractivity contribution is 5.48. The Kier molecular flexibility index (Phi) is 3.78. The van der Waals surface area contributed by atoms with E-state index in [1.54, 1.807) is 0 Å². The van der Waals surface area contributed by atoms with E-state index in [0.29, 0.717) is 5.95 Å². The summed E-state index contributed by atoms with van der Waals surface area (Å²) in [4.78, 5) is 10.7. The van der Waals surface area contributed by atoms with Gasteiger partial charge in [0.2, 0.25) is 5.95 Å². The minimum absolute atomic E-state index is 0.476. The number of nitrogens with one attached hydrogen (secondary N) is 1. The minimum atomic E-state index is 0.476. The number of nitrogens with two attached hydrogens (primary N) is 1. The van der Waals surface area contributed by atoms with Gasteiger partial charge in [0.25, 0.3) is 0 Å². The second-order valence-electron chi connectivity index (χ2n) is 4.88. The fourth-order valence-electron chi connectivity index (χ4n) is 2.56. The van der Waals surface area contributed by atoms with Crippen molar-refractivity contribution in [2.24, 2.45) is 11.8 Å². The molecule has 1 fully saturated rings. The predicted molar refractivity (Wildman–Crippen MR) is 69.8 cm³/mol. The maximum absolute atomic E-state index is 5.34. The molecule has 0 spiro atoms. The molecule has 0 unspecified atom stereocenters. The average molecular weight is 235 g/mol. The third-order valence-electron chi connectivity index (χ3n) is 3.44. The van der Waals surface area contributed by atoms with Gasteiger partial charge in [-0.1, -0.05) is 12.8 Å². The molecule has 5 nitrogen and oxygen atoms in total. The molecule has 1 saturated carbocycles. The van der Waals surface area contributed by atoms with E-state index in [9.17, 15) is 0 Å². The SMILES string of the molecule is Cc1cnc(NN)nc1N(C)CC1CCCC1. The number of nitrogen functional groups attached to an aromatic ring is 1. The van der Waals surface area contributed by atoms with Crippen molar-refractivity contribution in [1.82, 2.24) is 9.97 Å². The lowest BCUT2D eigenvalue weighted by Gasteiger charge is -2.23. The number of nitrogens with zero attached hydrogens (tertiary/aromatic N) is 3. The van der Waals surface area contributed by atoms with Gasteiger partial charge in [-0.3, -0.25) is 5.43 Å². The first kappa shape index (κ1) is 12.1. The third-order valence-corrected chi connectivity index (χ3v) is 3.44. The highest BCUT2D eigenvalue weighted by atomic mass is 15.3. The van der Waals surface area contributed by atoms with Gasteiger partial charge in [0, 0.05) is 25.4 Å². The van der Waals surface area contributed by atoms with Crippen LogP contribution in [0.4, 0.5) is 11.8 Å². The molecule has 1 aromatic rings. The van der Waals surface area contributed by atoms with Crippen LogP contribution in [0, 0.1) is 12.8 Å². The Balaban J connectivity index is 2.08. The van der Waals surface area contributed by atoms with E-state index >= 15 is 0 Å². The molecule has 17 heavy (non-hydrogen) atoms. The van der Waals surface area contributed by atoms with Crippen LogP contribution in [0.2, 0.25) is 0 Å². The standard InChI is InChI=1S/C12H21N5/c1-9-7-14-12(16-13)15-11(9)17(2)8-10-5-3-4-6-10/h7,10H,3-6,8,13H2,1-2H3,(H,14,15,16). The Labute approximate surface area is 102 Å².